The van der Waals surface area contributed by atoms with Gasteiger partial charge in [0.25, 0.3) is 0 Å². The van der Waals surface area contributed by atoms with Gasteiger partial charge in [0.15, 0.2) is 0 Å². The van der Waals surface area contributed by atoms with Crippen molar-refractivity contribution >= 4 is 0 Å². The summed E-state index contributed by atoms with van der Waals surface area (Å²) in [7, 11) is 3.87. The van der Waals surface area contributed by atoms with Crippen LogP contribution in [-0.4, -0.2) is 38.2 Å². The fourth-order valence-electron chi connectivity index (χ4n) is 2.53. The molecule has 1 unspecified atom stereocenters. The molecule has 3 heteroatoms. The average Bonchev–Trinajstić information content (AvgIpc) is 2.37. The molecule has 0 aliphatic carbocycles. The third-order valence-electron chi connectivity index (χ3n) is 3.79. The van der Waals surface area contributed by atoms with Crippen LogP contribution in [0, 0.1) is 12.8 Å². The first kappa shape index (κ1) is 16.0. The molecule has 2 N–H and O–H groups in total. The molecule has 108 valence electrons. The lowest BCUT2D eigenvalue weighted by Gasteiger charge is -2.30. The summed E-state index contributed by atoms with van der Waals surface area (Å²) < 4.78 is 5.29. The number of hydrogen-bond donors (Lipinski definition) is 1. The number of nitrogens with zero attached hydrogens (tertiary/aromatic N) is 1. The predicted molar refractivity (Wildman–Crippen MR) is 81.7 cm³/mol. The maximum absolute atomic E-state index is 5.85. The second kappa shape index (κ2) is 7.51. The maximum Gasteiger partial charge on any atom is 0.121 e. The van der Waals surface area contributed by atoms with Gasteiger partial charge >= 0.3 is 0 Å². The second-order valence-corrected chi connectivity index (χ2v) is 5.58. The van der Waals surface area contributed by atoms with E-state index >= 15 is 0 Å². The fourth-order valence-corrected chi connectivity index (χ4v) is 2.53. The van der Waals surface area contributed by atoms with Gasteiger partial charge in [-0.3, -0.25) is 0 Å². The molecule has 1 rings (SSSR count). The highest BCUT2D eigenvalue weighted by molar-refractivity contribution is 5.36. The Bertz CT molecular complexity index is 390. The number of hydrogen-bond acceptors (Lipinski definition) is 3. The van der Waals surface area contributed by atoms with Crippen LogP contribution in [0.2, 0.25) is 0 Å². The molecule has 0 spiro atoms. The second-order valence-electron chi connectivity index (χ2n) is 5.58. The molecular weight excluding hydrogens is 236 g/mol. The van der Waals surface area contributed by atoms with Gasteiger partial charge in [0.05, 0.1) is 7.11 Å². The Labute approximate surface area is 117 Å². The fraction of sp³-hybridized carbons (Fsp3) is 0.625. The molecule has 1 aromatic carbocycles. The molecule has 3 nitrogen and oxygen atoms in total. The summed E-state index contributed by atoms with van der Waals surface area (Å²) >= 11 is 0. The molecule has 0 aliphatic heterocycles. The van der Waals surface area contributed by atoms with Crippen LogP contribution in [0.25, 0.3) is 0 Å². The number of benzene rings is 1. The van der Waals surface area contributed by atoms with Crippen LogP contribution in [0.3, 0.4) is 0 Å². The minimum atomic E-state index is 0.458. The van der Waals surface area contributed by atoms with Crippen LogP contribution in [0.1, 0.15) is 25.0 Å². The molecule has 0 bridgehead atoms. The lowest BCUT2D eigenvalue weighted by molar-refractivity contribution is 0.199. The number of ether oxygens (including phenoxy) is 1. The lowest BCUT2D eigenvalue weighted by Crippen LogP contribution is -2.42. The molecule has 0 amide bonds. The number of aryl methyl sites for hydroxylation is 1. The molecular formula is C16H28N2O. The van der Waals surface area contributed by atoms with Gasteiger partial charge < -0.3 is 15.4 Å². The number of likely N-dealkylation sites (N-methyl/N-ethyl adjacent to an activating group) is 1. The first-order valence-corrected chi connectivity index (χ1v) is 7.03. The molecule has 19 heavy (non-hydrogen) atoms. The molecule has 0 aliphatic rings. The molecule has 0 heterocycles. The van der Waals surface area contributed by atoms with Crippen molar-refractivity contribution in [2.45, 2.75) is 33.2 Å². The van der Waals surface area contributed by atoms with Crippen LogP contribution in [0.4, 0.5) is 0 Å². The SMILES string of the molecule is COc1ccc(CCN(C)C(CN)C(C)C)cc1C. The first-order chi connectivity index (χ1) is 8.99. The van der Waals surface area contributed by atoms with Crippen LogP contribution in [-0.2, 0) is 6.42 Å². The summed E-state index contributed by atoms with van der Waals surface area (Å²) in [4.78, 5) is 2.37. The molecule has 1 aromatic rings. The van der Waals surface area contributed by atoms with Crippen LogP contribution in [0.15, 0.2) is 18.2 Å². The third-order valence-corrected chi connectivity index (χ3v) is 3.79. The standard InChI is InChI=1S/C16H28N2O/c1-12(2)15(11-17)18(4)9-8-14-6-7-16(19-5)13(3)10-14/h6-7,10,12,15H,8-9,11,17H2,1-5H3. The third kappa shape index (κ3) is 4.51. The van der Waals surface area contributed by atoms with Crippen molar-refractivity contribution in [1.29, 1.82) is 0 Å². The van der Waals surface area contributed by atoms with Gasteiger partial charge in [-0.05, 0) is 43.5 Å². The van der Waals surface area contributed by atoms with Gasteiger partial charge in [0.2, 0.25) is 0 Å². The van der Waals surface area contributed by atoms with E-state index in [1.54, 1.807) is 7.11 Å². The van der Waals surface area contributed by atoms with Crippen molar-refractivity contribution in [3.05, 3.63) is 29.3 Å². The van der Waals surface area contributed by atoms with Gasteiger partial charge in [-0.15, -0.1) is 0 Å². The summed E-state index contributed by atoms with van der Waals surface area (Å²) in [5, 5.41) is 0. The molecule has 0 fully saturated rings. The Kier molecular flexibility index (Phi) is 6.32. The summed E-state index contributed by atoms with van der Waals surface area (Å²) in [6, 6.07) is 6.86. The molecule has 0 saturated carbocycles. The van der Waals surface area contributed by atoms with Gasteiger partial charge in [0, 0.05) is 19.1 Å². The summed E-state index contributed by atoms with van der Waals surface area (Å²) in [6.07, 6.45) is 1.05. The van der Waals surface area contributed by atoms with Crippen molar-refractivity contribution in [2.24, 2.45) is 11.7 Å². The van der Waals surface area contributed by atoms with Crippen molar-refractivity contribution < 1.29 is 4.74 Å². The Morgan fingerprint density at radius 3 is 2.47 bits per heavy atom. The van der Waals surface area contributed by atoms with E-state index in [4.69, 9.17) is 10.5 Å². The zero-order chi connectivity index (χ0) is 14.4. The van der Waals surface area contributed by atoms with Crippen LogP contribution < -0.4 is 10.5 Å². The minimum absolute atomic E-state index is 0.458. The van der Waals surface area contributed by atoms with Crippen molar-refractivity contribution in [1.82, 2.24) is 4.90 Å². The summed E-state index contributed by atoms with van der Waals surface area (Å²) in [5.74, 6) is 1.55. The van der Waals surface area contributed by atoms with Crippen molar-refractivity contribution in [3.63, 3.8) is 0 Å². The topological polar surface area (TPSA) is 38.5 Å². The Balaban J connectivity index is 2.59. The number of nitrogens with two attached hydrogens (primary N) is 1. The van der Waals surface area contributed by atoms with Crippen LogP contribution >= 0.6 is 0 Å². The zero-order valence-electron chi connectivity index (χ0n) is 12.9. The summed E-state index contributed by atoms with van der Waals surface area (Å²) in [6.45, 7) is 8.29. The van der Waals surface area contributed by atoms with E-state index < -0.39 is 0 Å². The first-order valence-electron chi connectivity index (χ1n) is 7.03. The number of methoxy groups -OCH3 is 1. The van der Waals surface area contributed by atoms with Crippen molar-refractivity contribution in [3.8, 4) is 5.75 Å². The van der Waals surface area contributed by atoms with E-state index in [-0.39, 0.29) is 0 Å². The average molecular weight is 264 g/mol. The zero-order valence-corrected chi connectivity index (χ0v) is 12.9. The Hall–Kier alpha value is -1.06. The highest BCUT2D eigenvalue weighted by atomic mass is 16.5. The van der Waals surface area contributed by atoms with Crippen molar-refractivity contribution in [2.75, 3.05) is 27.2 Å². The van der Waals surface area contributed by atoms with Gasteiger partial charge in [-0.25, -0.2) is 0 Å². The molecule has 0 aromatic heterocycles. The Morgan fingerprint density at radius 1 is 1.32 bits per heavy atom. The quantitative estimate of drug-likeness (QED) is 0.822. The van der Waals surface area contributed by atoms with Gasteiger partial charge in [0.1, 0.15) is 5.75 Å². The highest BCUT2D eigenvalue weighted by Gasteiger charge is 2.16. The van der Waals surface area contributed by atoms with E-state index in [9.17, 15) is 0 Å². The van der Waals surface area contributed by atoms with E-state index in [0.29, 0.717) is 12.0 Å². The highest BCUT2D eigenvalue weighted by Crippen LogP contribution is 2.19. The van der Waals surface area contributed by atoms with Crippen LogP contribution in [0.5, 0.6) is 5.75 Å². The molecule has 1 atom stereocenters. The Morgan fingerprint density at radius 2 is 2.00 bits per heavy atom. The van der Waals surface area contributed by atoms with E-state index in [0.717, 1.165) is 25.3 Å². The van der Waals surface area contributed by atoms with Gasteiger partial charge in [-0.2, -0.15) is 0 Å². The molecule has 0 radical (unpaired) electrons. The number of rotatable bonds is 7. The van der Waals surface area contributed by atoms with E-state index in [1.165, 1.54) is 11.1 Å². The monoisotopic (exact) mass is 264 g/mol. The smallest absolute Gasteiger partial charge is 0.121 e. The normalized spacial score (nSPS) is 13.1. The predicted octanol–water partition coefficient (Wildman–Crippen LogP) is 2.46. The minimum Gasteiger partial charge on any atom is -0.496 e. The van der Waals surface area contributed by atoms with E-state index in [1.807, 2.05) is 6.07 Å². The van der Waals surface area contributed by atoms with Gasteiger partial charge in [-0.1, -0.05) is 26.0 Å². The lowest BCUT2D eigenvalue weighted by atomic mass is 10.0. The maximum atomic E-state index is 5.85. The van der Waals surface area contributed by atoms with E-state index in [2.05, 4.69) is 44.9 Å². The molecule has 0 saturated heterocycles. The largest absolute Gasteiger partial charge is 0.496 e. The summed E-state index contributed by atoms with van der Waals surface area (Å²) in [5.41, 5.74) is 8.40.